The molecule has 19 heavy (non-hydrogen) atoms. The van der Waals surface area contributed by atoms with Gasteiger partial charge >= 0.3 is 0 Å². The van der Waals surface area contributed by atoms with E-state index in [4.69, 9.17) is 0 Å². The highest BCUT2D eigenvalue weighted by Gasteiger charge is 2.04. The van der Waals surface area contributed by atoms with Crippen molar-refractivity contribution in [2.24, 2.45) is 0 Å². The largest absolute Gasteiger partial charge is 0.349 e. The van der Waals surface area contributed by atoms with E-state index in [1.165, 1.54) is 11.1 Å². The van der Waals surface area contributed by atoms with E-state index < -0.39 is 0 Å². The van der Waals surface area contributed by atoms with Gasteiger partial charge in [-0.1, -0.05) is 24.3 Å². The van der Waals surface area contributed by atoms with E-state index in [0.29, 0.717) is 18.3 Å². The van der Waals surface area contributed by atoms with E-state index in [-0.39, 0.29) is 0 Å². The minimum Gasteiger partial charge on any atom is -0.349 e. The first-order valence-electron chi connectivity index (χ1n) is 6.08. The summed E-state index contributed by atoms with van der Waals surface area (Å²) in [6.07, 6.45) is 3.35. The third-order valence-corrected chi connectivity index (χ3v) is 2.70. The van der Waals surface area contributed by atoms with Gasteiger partial charge in [0.25, 0.3) is 0 Å². The molecule has 1 heterocycles. The lowest BCUT2D eigenvalue weighted by molar-refractivity contribution is 0.967. The number of aromatic nitrogens is 3. The van der Waals surface area contributed by atoms with Crippen LogP contribution in [-0.4, -0.2) is 21.7 Å². The standard InChI is InChI=1S/C14H17N5/c1-4-8-15-14-18-12(9-16-19-14)17-13-10(2)6-5-7-11(13)3/h4-7,9H,1,8H2,2-3H3,(H2,15,17,18,19). The highest BCUT2D eigenvalue weighted by molar-refractivity contribution is 5.64. The maximum absolute atomic E-state index is 4.34. The normalized spacial score (nSPS) is 10.0. The summed E-state index contributed by atoms with van der Waals surface area (Å²) in [4.78, 5) is 4.34. The van der Waals surface area contributed by atoms with Gasteiger partial charge in [0, 0.05) is 12.2 Å². The van der Waals surface area contributed by atoms with Gasteiger partial charge in [-0.2, -0.15) is 10.1 Å². The number of benzene rings is 1. The van der Waals surface area contributed by atoms with Crippen LogP contribution >= 0.6 is 0 Å². The Labute approximate surface area is 112 Å². The van der Waals surface area contributed by atoms with Crippen molar-refractivity contribution in [3.05, 3.63) is 48.2 Å². The van der Waals surface area contributed by atoms with Crippen molar-refractivity contribution in [3.63, 3.8) is 0 Å². The van der Waals surface area contributed by atoms with Gasteiger partial charge in [0.05, 0.1) is 6.20 Å². The maximum atomic E-state index is 4.34. The number of hydrogen-bond donors (Lipinski definition) is 2. The number of anilines is 3. The summed E-state index contributed by atoms with van der Waals surface area (Å²) in [5, 5.41) is 14.1. The summed E-state index contributed by atoms with van der Waals surface area (Å²) in [7, 11) is 0. The van der Waals surface area contributed by atoms with Crippen molar-refractivity contribution in [1.82, 2.24) is 15.2 Å². The molecule has 1 aromatic heterocycles. The van der Waals surface area contributed by atoms with Gasteiger partial charge in [-0.15, -0.1) is 11.7 Å². The molecule has 0 bridgehead atoms. The Bertz CT molecular complexity index is 560. The second-order valence-electron chi connectivity index (χ2n) is 4.23. The Balaban J connectivity index is 2.21. The quantitative estimate of drug-likeness (QED) is 0.804. The van der Waals surface area contributed by atoms with Crippen LogP contribution in [0.5, 0.6) is 0 Å². The summed E-state index contributed by atoms with van der Waals surface area (Å²) in [5.41, 5.74) is 3.39. The van der Waals surface area contributed by atoms with Gasteiger partial charge in [0.1, 0.15) is 0 Å². The van der Waals surface area contributed by atoms with E-state index in [1.54, 1.807) is 12.3 Å². The minimum atomic E-state index is 0.483. The molecule has 0 atom stereocenters. The molecule has 5 heteroatoms. The fourth-order valence-corrected chi connectivity index (χ4v) is 1.74. The van der Waals surface area contributed by atoms with Crippen LogP contribution in [0.1, 0.15) is 11.1 Å². The summed E-state index contributed by atoms with van der Waals surface area (Å²) in [6, 6.07) is 6.15. The molecule has 0 saturated carbocycles. The van der Waals surface area contributed by atoms with Crippen LogP contribution in [0.3, 0.4) is 0 Å². The molecule has 0 aliphatic rings. The predicted octanol–water partition coefficient (Wildman–Crippen LogP) is 2.83. The fourth-order valence-electron chi connectivity index (χ4n) is 1.74. The fraction of sp³-hybridized carbons (Fsp3) is 0.214. The van der Waals surface area contributed by atoms with E-state index in [0.717, 1.165) is 5.69 Å². The van der Waals surface area contributed by atoms with Crippen LogP contribution in [0, 0.1) is 13.8 Å². The van der Waals surface area contributed by atoms with Crippen molar-refractivity contribution in [2.45, 2.75) is 13.8 Å². The zero-order valence-electron chi connectivity index (χ0n) is 11.1. The highest BCUT2D eigenvalue weighted by atomic mass is 15.3. The zero-order valence-corrected chi connectivity index (χ0v) is 11.1. The predicted molar refractivity (Wildman–Crippen MR) is 77.7 cm³/mol. The van der Waals surface area contributed by atoms with Gasteiger partial charge in [0.15, 0.2) is 5.82 Å². The number of nitrogens with one attached hydrogen (secondary N) is 2. The average molecular weight is 255 g/mol. The molecule has 0 unspecified atom stereocenters. The van der Waals surface area contributed by atoms with Gasteiger partial charge < -0.3 is 10.6 Å². The third kappa shape index (κ3) is 3.28. The van der Waals surface area contributed by atoms with Crippen molar-refractivity contribution in [1.29, 1.82) is 0 Å². The molecule has 0 aliphatic heterocycles. The van der Waals surface area contributed by atoms with Crippen LogP contribution in [0.2, 0.25) is 0 Å². The number of aryl methyl sites for hydroxylation is 2. The molecule has 2 aromatic rings. The molecule has 2 N–H and O–H groups in total. The maximum Gasteiger partial charge on any atom is 0.244 e. The van der Waals surface area contributed by atoms with Crippen molar-refractivity contribution >= 4 is 17.5 Å². The molecule has 5 nitrogen and oxygen atoms in total. The first-order chi connectivity index (χ1) is 9.20. The molecule has 0 spiro atoms. The Kier molecular flexibility index (Phi) is 4.07. The molecular formula is C14H17N5. The smallest absolute Gasteiger partial charge is 0.244 e. The lowest BCUT2D eigenvalue weighted by Gasteiger charge is -2.12. The van der Waals surface area contributed by atoms with Crippen molar-refractivity contribution < 1.29 is 0 Å². The topological polar surface area (TPSA) is 62.7 Å². The van der Waals surface area contributed by atoms with E-state index >= 15 is 0 Å². The van der Waals surface area contributed by atoms with Crippen LogP contribution in [0.15, 0.2) is 37.1 Å². The number of nitrogens with zero attached hydrogens (tertiary/aromatic N) is 3. The minimum absolute atomic E-state index is 0.483. The summed E-state index contributed by atoms with van der Waals surface area (Å²) in [6.45, 7) is 8.35. The monoisotopic (exact) mass is 255 g/mol. The van der Waals surface area contributed by atoms with Crippen molar-refractivity contribution in [3.8, 4) is 0 Å². The Morgan fingerprint density at radius 3 is 2.68 bits per heavy atom. The van der Waals surface area contributed by atoms with E-state index in [9.17, 15) is 0 Å². The number of para-hydroxylation sites is 1. The molecule has 0 amide bonds. The molecular weight excluding hydrogens is 238 g/mol. The molecule has 0 radical (unpaired) electrons. The second kappa shape index (κ2) is 5.95. The van der Waals surface area contributed by atoms with Gasteiger partial charge in [0.2, 0.25) is 5.95 Å². The molecule has 2 rings (SSSR count). The average Bonchev–Trinajstić information content (AvgIpc) is 2.41. The second-order valence-corrected chi connectivity index (χ2v) is 4.23. The van der Waals surface area contributed by atoms with Crippen LogP contribution in [-0.2, 0) is 0 Å². The van der Waals surface area contributed by atoms with Crippen LogP contribution < -0.4 is 10.6 Å². The Hall–Kier alpha value is -2.43. The van der Waals surface area contributed by atoms with Gasteiger partial charge in [-0.05, 0) is 25.0 Å². The van der Waals surface area contributed by atoms with Crippen LogP contribution in [0.4, 0.5) is 17.5 Å². The number of hydrogen-bond acceptors (Lipinski definition) is 5. The Morgan fingerprint density at radius 1 is 1.26 bits per heavy atom. The molecule has 0 aliphatic carbocycles. The summed E-state index contributed by atoms with van der Waals surface area (Å²) >= 11 is 0. The van der Waals surface area contributed by atoms with Crippen LogP contribution in [0.25, 0.3) is 0 Å². The lowest BCUT2D eigenvalue weighted by Crippen LogP contribution is -2.06. The first kappa shape index (κ1) is 13.0. The molecule has 0 fully saturated rings. The molecule has 1 aromatic carbocycles. The van der Waals surface area contributed by atoms with Crippen molar-refractivity contribution in [2.75, 3.05) is 17.2 Å². The SMILES string of the molecule is C=CCNc1nncc(Nc2c(C)cccc2C)n1. The summed E-state index contributed by atoms with van der Waals surface area (Å²) < 4.78 is 0. The van der Waals surface area contributed by atoms with Gasteiger partial charge in [-0.25, -0.2) is 0 Å². The summed E-state index contributed by atoms with van der Waals surface area (Å²) in [5.74, 6) is 1.15. The highest BCUT2D eigenvalue weighted by Crippen LogP contribution is 2.22. The first-order valence-corrected chi connectivity index (χ1v) is 6.08. The molecule has 98 valence electrons. The zero-order chi connectivity index (χ0) is 13.7. The number of rotatable bonds is 5. The third-order valence-electron chi connectivity index (χ3n) is 2.70. The Morgan fingerprint density at radius 2 is 2.00 bits per heavy atom. The van der Waals surface area contributed by atoms with E-state index in [2.05, 4.69) is 58.4 Å². The van der Waals surface area contributed by atoms with E-state index in [1.807, 2.05) is 6.07 Å². The molecule has 0 saturated heterocycles. The van der Waals surface area contributed by atoms with Gasteiger partial charge in [-0.3, -0.25) is 0 Å². The lowest BCUT2D eigenvalue weighted by atomic mass is 10.1.